The number of carbonyl (C=O) groups excluding carboxylic acids is 1. The van der Waals surface area contributed by atoms with Crippen molar-refractivity contribution in [1.29, 1.82) is 0 Å². The van der Waals surface area contributed by atoms with E-state index in [4.69, 9.17) is 4.52 Å². The molecule has 0 saturated heterocycles. The van der Waals surface area contributed by atoms with E-state index in [0.29, 0.717) is 17.9 Å². The van der Waals surface area contributed by atoms with Gasteiger partial charge in [0, 0.05) is 13.0 Å². The van der Waals surface area contributed by atoms with E-state index >= 15 is 0 Å². The highest BCUT2D eigenvalue weighted by Crippen LogP contribution is 2.12. The van der Waals surface area contributed by atoms with Crippen LogP contribution in [0.15, 0.2) is 41.2 Å². The van der Waals surface area contributed by atoms with Crippen molar-refractivity contribution in [3.05, 3.63) is 48.1 Å². The summed E-state index contributed by atoms with van der Waals surface area (Å²) in [5.41, 5.74) is 0.497. The summed E-state index contributed by atoms with van der Waals surface area (Å²) in [6.45, 7) is 0.259. The number of aliphatic carboxylic acids is 1. The number of carboxylic acids is 1. The van der Waals surface area contributed by atoms with Gasteiger partial charge < -0.3 is 20.3 Å². The third kappa shape index (κ3) is 4.30. The minimum Gasteiger partial charge on any atom is -0.479 e. The number of hydrogen-bond donors (Lipinski definition) is 3. The second-order valence-electron chi connectivity index (χ2n) is 4.17. The molecule has 1 aromatic heterocycles. The van der Waals surface area contributed by atoms with Gasteiger partial charge >= 0.3 is 12.0 Å². The first-order valence-electron chi connectivity index (χ1n) is 6.24. The molecule has 1 heterocycles. The van der Waals surface area contributed by atoms with Crippen molar-refractivity contribution in [2.75, 3.05) is 6.54 Å². The zero-order valence-corrected chi connectivity index (χ0v) is 11.0. The average molecular weight is 290 g/mol. The second kappa shape index (κ2) is 7.04. The molecule has 0 bridgehead atoms. The first-order valence-corrected chi connectivity index (χ1v) is 6.24. The van der Waals surface area contributed by atoms with Gasteiger partial charge in [0.05, 0.1) is 0 Å². The van der Waals surface area contributed by atoms with E-state index in [9.17, 15) is 14.7 Å². The van der Waals surface area contributed by atoms with Crippen molar-refractivity contribution in [3.8, 4) is 0 Å². The minimum absolute atomic E-state index is 0.259. The Kier molecular flexibility index (Phi) is 4.86. The molecule has 0 radical (unpaired) electrons. The fourth-order valence-electron chi connectivity index (χ4n) is 1.70. The topological polar surface area (TPSA) is 117 Å². The molecule has 2 rings (SSSR count). The predicted molar refractivity (Wildman–Crippen MR) is 71.4 cm³/mol. The normalized spacial score (nSPS) is 11.6. The van der Waals surface area contributed by atoms with Crippen LogP contribution in [-0.2, 0) is 11.2 Å². The minimum atomic E-state index is -1.13. The van der Waals surface area contributed by atoms with Crippen LogP contribution in [0.2, 0.25) is 0 Å². The Morgan fingerprint density at radius 1 is 1.29 bits per heavy atom. The van der Waals surface area contributed by atoms with Crippen LogP contribution in [0.1, 0.15) is 17.5 Å². The molecule has 8 nitrogen and oxygen atoms in total. The van der Waals surface area contributed by atoms with Crippen LogP contribution >= 0.6 is 0 Å². The third-order valence-corrected chi connectivity index (χ3v) is 2.69. The molecule has 21 heavy (non-hydrogen) atoms. The molecule has 0 fully saturated rings. The molecule has 1 atom stereocenters. The lowest BCUT2D eigenvalue weighted by atomic mass is 10.1. The number of nitrogens with zero attached hydrogens (tertiary/aromatic N) is 2. The van der Waals surface area contributed by atoms with E-state index in [-0.39, 0.29) is 6.54 Å². The quantitative estimate of drug-likeness (QED) is 0.722. The third-order valence-electron chi connectivity index (χ3n) is 2.69. The summed E-state index contributed by atoms with van der Waals surface area (Å²) in [5.74, 6) is -0.735. The van der Waals surface area contributed by atoms with Crippen molar-refractivity contribution < 1.29 is 19.2 Å². The highest BCUT2D eigenvalue weighted by molar-refractivity contribution is 5.83. The number of carboxylic acid groups (broad SMARTS) is 1. The number of urea groups is 1. The number of nitrogens with one attached hydrogen (secondary N) is 2. The van der Waals surface area contributed by atoms with Crippen LogP contribution in [0.4, 0.5) is 4.79 Å². The van der Waals surface area contributed by atoms with E-state index in [1.54, 1.807) is 30.3 Å². The predicted octanol–water partition coefficient (Wildman–Crippen LogP) is 0.737. The number of rotatable bonds is 6. The lowest BCUT2D eigenvalue weighted by Gasteiger charge is -2.15. The number of carbonyl (C=O) groups is 2. The van der Waals surface area contributed by atoms with Crippen LogP contribution in [0.5, 0.6) is 0 Å². The molecule has 0 spiro atoms. The van der Waals surface area contributed by atoms with Gasteiger partial charge in [-0.1, -0.05) is 35.5 Å². The monoisotopic (exact) mass is 290 g/mol. The molecule has 0 aliphatic carbocycles. The summed E-state index contributed by atoms with van der Waals surface area (Å²) in [7, 11) is 0. The van der Waals surface area contributed by atoms with E-state index in [2.05, 4.69) is 20.8 Å². The molecule has 3 N–H and O–H groups in total. The maximum absolute atomic E-state index is 11.7. The Morgan fingerprint density at radius 3 is 2.67 bits per heavy atom. The first-order chi connectivity index (χ1) is 10.2. The van der Waals surface area contributed by atoms with Crippen molar-refractivity contribution >= 4 is 12.0 Å². The molecule has 1 unspecified atom stereocenters. The van der Waals surface area contributed by atoms with Gasteiger partial charge in [0.15, 0.2) is 12.4 Å². The van der Waals surface area contributed by atoms with Gasteiger partial charge in [-0.15, -0.1) is 0 Å². The zero-order chi connectivity index (χ0) is 15.1. The summed E-state index contributed by atoms with van der Waals surface area (Å²) in [6, 6.07) is 6.78. The maximum atomic E-state index is 11.7. The molecule has 0 aliphatic heterocycles. The summed E-state index contributed by atoms with van der Waals surface area (Å²) in [4.78, 5) is 26.7. The van der Waals surface area contributed by atoms with Crippen LogP contribution in [0, 0.1) is 0 Å². The van der Waals surface area contributed by atoms with Crippen molar-refractivity contribution in [1.82, 2.24) is 20.8 Å². The van der Waals surface area contributed by atoms with Crippen LogP contribution < -0.4 is 10.6 Å². The molecular weight excluding hydrogens is 276 g/mol. The molecule has 2 amide bonds. The number of hydrogen-bond acceptors (Lipinski definition) is 5. The van der Waals surface area contributed by atoms with Crippen LogP contribution in [-0.4, -0.2) is 33.8 Å². The maximum Gasteiger partial charge on any atom is 0.330 e. The van der Waals surface area contributed by atoms with E-state index in [0.717, 1.165) is 0 Å². The van der Waals surface area contributed by atoms with E-state index in [1.165, 1.54) is 6.33 Å². The van der Waals surface area contributed by atoms with Gasteiger partial charge in [0.2, 0.25) is 5.89 Å². The van der Waals surface area contributed by atoms with Gasteiger partial charge in [0.25, 0.3) is 0 Å². The molecule has 0 aliphatic rings. The smallest absolute Gasteiger partial charge is 0.330 e. The van der Waals surface area contributed by atoms with Crippen molar-refractivity contribution in [2.24, 2.45) is 0 Å². The molecule has 8 heteroatoms. The Balaban J connectivity index is 1.85. The summed E-state index contributed by atoms with van der Waals surface area (Å²) in [6.07, 6.45) is 1.64. The van der Waals surface area contributed by atoms with Gasteiger partial charge in [0.1, 0.15) is 0 Å². The van der Waals surface area contributed by atoms with Gasteiger partial charge in [-0.3, -0.25) is 0 Å². The molecular formula is C13H14N4O4. The fraction of sp³-hybridized carbons (Fsp3) is 0.231. The highest BCUT2D eigenvalue weighted by Gasteiger charge is 2.21. The largest absolute Gasteiger partial charge is 0.479 e. The number of benzene rings is 1. The SMILES string of the molecule is O=C(NCCc1ncno1)NC(C(=O)O)c1ccccc1. The van der Waals surface area contributed by atoms with Gasteiger partial charge in [-0.25, -0.2) is 9.59 Å². The zero-order valence-electron chi connectivity index (χ0n) is 11.0. The standard InChI is InChI=1S/C13H14N4O4/c18-12(19)11(9-4-2-1-3-5-9)17-13(20)14-7-6-10-15-8-16-21-10/h1-5,8,11H,6-7H2,(H,18,19)(H2,14,17,20). The average Bonchev–Trinajstić information content (AvgIpc) is 2.98. The fourth-order valence-corrected chi connectivity index (χ4v) is 1.70. The summed E-state index contributed by atoms with van der Waals surface area (Å²) >= 11 is 0. The Morgan fingerprint density at radius 2 is 2.05 bits per heavy atom. The van der Waals surface area contributed by atoms with Crippen LogP contribution in [0.25, 0.3) is 0 Å². The van der Waals surface area contributed by atoms with Gasteiger partial charge in [-0.05, 0) is 5.56 Å². The summed E-state index contributed by atoms with van der Waals surface area (Å²) < 4.78 is 4.78. The van der Waals surface area contributed by atoms with Gasteiger partial charge in [-0.2, -0.15) is 4.98 Å². The molecule has 2 aromatic rings. The first kappa shape index (κ1) is 14.5. The highest BCUT2D eigenvalue weighted by atomic mass is 16.5. The Bertz CT molecular complexity index is 585. The lowest BCUT2D eigenvalue weighted by molar-refractivity contribution is -0.139. The number of amides is 2. The van der Waals surface area contributed by atoms with Crippen LogP contribution in [0.3, 0.4) is 0 Å². The Labute approximate surface area is 120 Å². The van der Waals surface area contributed by atoms with Crippen molar-refractivity contribution in [2.45, 2.75) is 12.5 Å². The molecule has 0 saturated carbocycles. The second-order valence-corrected chi connectivity index (χ2v) is 4.17. The molecule has 110 valence electrons. The lowest BCUT2D eigenvalue weighted by Crippen LogP contribution is -2.41. The van der Waals surface area contributed by atoms with E-state index in [1.807, 2.05) is 0 Å². The van der Waals surface area contributed by atoms with Crippen molar-refractivity contribution in [3.63, 3.8) is 0 Å². The number of aromatic nitrogens is 2. The van der Waals surface area contributed by atoms with E-state index < -0.39 is 18.0 Å². The summed E-state index contributed by atoms with van der Waals surface area (Å²) in [5, 5.41) is 17.5. The molecule has 1 aromatic carbocycles. The Hall–Kier alpha value is -2.90.